The lowest BCUT2D eigenvalue weighted by atomic mass is 10.1. The van der Waals surface area contributed by atoms with Crippen LogP contribution in [0.25, 0.3) is 0 Å². The first kappa shape index (κ1) is 13.3. The number of carboxylic acids is 1. The Kier molecular flexibility index (Phi) is 3.27. The predicted molar refractivity (Wildman–Crippen MR) is 59.4 cm³/mol. The third-order valence-electron chi connectivity index (χ3n) is 3.07. The summed E-state index contributed by atoms with van der Waals surface area (Å²) in [6, 6.07) is 0. The van der Waals surface area contributed by atoms with Crippen LogP contribution in [0.4, 0.5) is 0 Å². The van der Waals surface area contributed by atoms with E-state index < -0.39 is 28.1 Å². The van der Waals surface area contributed by atoms with Gasteiger partial charge in [-0.05, 0) is 0 Å². The molecule has 2 atom stereocenters. The Morgan fingerprint density at radius 1 is 1.44 bits per heavy atom. The number of hydrogen-bond donors (Lipinski definition) is 1. The zero-order chi connectivity index (χ0) is 12.7. The van der Waals surface area contributed by atoms with Crippen LogP contribution in [-0.2, 0) is 14.3 Å². The highest BCUT2D eigenvalue weighted by atomic mass is 35.5. The number of methoxy groups -OCH3 is 1. The minimum atomic E-state index is -1.40. The number of esters is 1. The normalized spacial score (nSPS) is 32.1. The average Bonchev–Trinajstić information content (AvgIpc) is 2.63. The van der Waals surface area contributed by atoms with Crippen molar-refractivity contribution in [2.75, 3.05) is 7.11 Å². The first-order valence-electron chi connectivity index (χ1n) is 4.57. The molecule has 0 heterocycles. The van der Waals surface area contributed by atoms with Crippen molar-refractivity contribution >= 4 is 35.1 Å². The van der Waals surface area contributed by atoms with Crippen LogP contribution in [-0.4, -0.2) is 29.0 Å². The van der Waals surface area contributed by atoms with Crippen molar-refractivity contribution in [2.24, 2.45) is 11.3 Å². The number of hydrogen-bond acceptors (Lipinski definition) is 3. The number of carbonyl (C=O) groups excluding carboxylic acids is 1. The van der Waals surface area contributed by atoms with Crippen molar-refractivity contribution in [2.45, 2.75) is 18.7 Å². The third kappa shape index (κ3) is 1.70. The molecule has 0 saturated heterocycles. The van der Waals surface area contributed by atoms with Crippen molar-refractivity contribution in [3.05, 3.63) is 11.1 Å². The molecule has 6 heteroatoms. The molecule has 2 unspecified atom stereocenters. The summed E-state index contributed by atoms with van der Waals surface area (Å²) < 4.78 is 4.41. The molecule has 0 aromatic rings. The van der Waals surface area contributed by atoms with E-state index in [4.69, 9.17) is 28.3 Å². The van der Waals surface area contributed by atoms with Crippen LogP contribution in [0.15, 0.2) is 11.1 Å². The molecule has 0 spiro atoms. The Hall–Kier alpha value is -0.740. The van der Waals surface area contributed by atoms with Crippen molar-refractivity contribution in [3.8, 4) is 0 Å². The topological polar surface area (TPSA) is 63.6 Å². The summed E-state index contributed by atoms with van der Waals surface area (Å²) in [7, 11) is 1.20. The van der Waals surface area contributed by atoms with E-state index in [1.807, 2.05) is 0 Å². The number of aliphatic carboxylic acids is 1. The van der Waals surface area contributed by atoms with E-state index in [1.54, 1.807) is 13.8 Å². The lowest BCUT2D eigenvalue weighted by Gasteiger charge is -2.03. The highest BCUT2D eigenvalue weighted by Crippen LogP contribution is 2.67. The van der Waals surface area contributed by atoms with E-state index in [1.165, 1.54) is 13.2 Å². The maximum absolute atomic E-state index is 11.1. The molecule has 1 fully saturated rings. The molecule has 1 aliphatic rings. The molecule has 1 N–H and O–H groups in total. The zero-order valence-corrected chi connectivity index (χ0v) is 10.6. The Bertz CT molecular complexity index is 375. The molecule has 0 aliphatic heterocycles. The van der Waals surface area contributed by atoms with Gasteiger partial charge in [0.15, 0.2) is 4.87 Å². The minimum absolute atomic E-state index is 0.149. The number of ether oxygens (including phenoxy) is 1. The van der Waals surface area contributed by atoms with Gasteiger partial charge in [-0.1, -0.05) is 31.5 Å². The quantitative estimate of drug-likeness (QED) is 0.482. The lowest BCUT2D eigenvalue weighted by molar-refractivity contribution is -0.138. The highest BCUT2D eigenvalue weighted by molar-refractivity contribution is 6.42. The molecule has 1 aliphatic carbocycles. The second-order valence-electron chi connectivity index (χ2n) is 4.22. The number of carbonyl (C=O) groups is 2. The Balaban J connectivity index is 2.95. The molecule has 90 valence electrons. The minimum Gasteiger partial charge on any atom is -0.480 e. The number of alkyl halides is 1. The van der Waals surface area contributed by atoms with Crippen molar-refractivity contribution in [3.63, 3.8) is 0 Å². The molecular weight excluding hydrogens is 255 g/mol. The van der Waals surface area contributed by atoms with E-state index in [0.717, 1.165) is 0 Å². The van der Waals surface area contributed by atoms with Gasteiger partial charge < -0.3 is 9.84 Å². The number of carboxylic acid groups (broad SMARTS) is 1. The molecule has 0 radical (unpaired) electrons. The smallest absolute Gasteiger partial charge is 0.349 e. The van der Waals surface area contributed by atoms with E-state index in [9.17, 15) is 9.59 Å². The fourth-order valence-electron chi connectivity index (χ4n) is 1.79. The fraction of sp³-hybridized carbons (Fsp3) is 0.600. The second kappa shape index (κ2) is 3.93. The van der Waals surface area contributed by atoms with Crippen LogP contribution in [0.5, 0.6) is 0 Å². The number of halogens is 2. The molecule has 1 saturated carbocycles. The van der Waals surface area contributed by atoms with Gasteiger partial charge in [0, 0.05) is 11.3 Å². The molecule has 4 nitrogen and oxygen atoms in total. The van der Waals surface area contributed by atoms with Crippen LogP contribution in [0.1, 0.15) is 13.8 Å². The van der Waals surface area contributed by atoms with Gasteiger partial charge in [0.2, 0.25) is 0 Å². The summed E-state index contributed by atoms with van der Waals surface area (Å²) in [5, 5.41) is 8.86. The highest BCUT2D eigenvalue weighted by Gasteiger charge is 2.74. The van der Waals surface area contributed by atoms with Crippen LogP contribution in [0.2, 0.25) is 0 Å². The maximum atomic E-state index is 11.1. The van der Waals surface area contributed by atoms with Crippen molar-refractivity contribution in [1.29, 1.82) is 0 Å². The Labute approximate surface area is 103 Å². The van der Waals surface area contributed by atoms with Crippen molar-refractivity contribution in [1.82, 2.24) is 0 Å². The third-order valence-corrected chi connectivity index (χ3v) is 4.23. The second-order valence-corrected chi connectivity index (χ2v) is 5.23. The molecular formula is C10H12Cl2O4. The van der Waals surface area contributed by atoms with Gasteiger partial charge in [0.1, 0.15) is 5.03 Å². The van der Waals surface area contributed by atoms with Crippen LogP contribution < -0.4 is 0 Å². The largest absolute Gasteiger partial charge is 0.480 e. The van der Waals surface area contributed by atoms with Crippen molar-refractivity contribution < 1.29 is 19.4 Å². The first-order valence-corrected chi connectivity index (χ1v) is 5.33. The van der Waals surface area contributed by atoms with Gasteiger partial charge in [-0.25, -0.2) is 4.79 Å². The van der Waals surface area contributed by atoms with Gasteiger partial charge in [-0.15, -0.1) is 11.6 Å². The maximum Gasteiger partial charge on any atom is 0.349 e. The van der Waals surface area contributed by atoms with E-state index >= 15 is 0 Å². The standard InChI is InChI=1S/C10H12Cl2O4/c1-9(2)6(10(9,12)8(14)15)4-5(11)7(13)16-3/h4,6H,1-3H3,(H,14,15). The van der Waals surface area contributed by atoms with Gasteiger partial charge >= 0.3 is 11.9 Å². The molecule has 0 aromatic heterocycles. The molecule has 16 heavy (non-hydrogen) atoms. The predicted octanol–water partition coefficient (Wildman–Crippen LogP) is 2.00. The van der Waals surface area contributed by atoms with E-state index in [-0.39, 0.29) is 5.03 Å². The summed E-state index contributed by atoms with van der Waals surface area (Å²) in [5.41, 5.74) is -0.644. The number of rotatable bonds is 3. The van der Waals surface area contributed by atoms with Gasteiger partial charge in [-0.2, -0.15) is 0 Å². The monoisotopic (exact) mass is 266 g/mol. The molecule has 0 amide bonds. The lowest BCUT2D eigenvalue weighted by Crippen LogP contribution is -2.21. The van der Waals surface area contributed by atoms with E-state index in [2.05, 4.69) is 4.74 Å². The van der Waals surface area contributed by atoms with Crippen LogP contribution >= 0.6 is 23.2 Å². The summed E-state index contributed by atoms with van der Waals surface area (Å²) >= 11 is 11.6. The summed E-state index contributed by atoms with van der Waals surface area (Å²) in [6.07, 6.45) is 1.34. The summed E-state index contributed by atoms with van der Waals surface area (Å²) in [5.74, 6) is -2.31. The van der Waals surface area contributed by atoms with Gasteiger partial charge in [0.25, 0.3) is 0 Å². The Morgan fingerprint density at radius 3 is 2.25 bits per heavy atom. The molecule has 1 rings (SSSR count). The summed E-state index contributed by atoms with van der Waals surface area (Å²) in [4.78, 5) is 20.7. The summed E-state index contributed by atoms with van der Waals surface area (Å²) in [6.45, 7) is 3.41. The fourth-order valence-corrected chi connectivity index (χ4v) is 2.39. The molecule has 0 aromatic carbocycles. The van der Waals surface area contributed by atoms with Gasteiger partial charge in [0.05, 0.1) is 7.11 Å². The Morgan fingerprint density at radius 2 is 1.94 bits per heavy atom. The number of allylic oxidation sites excluding steroid dienone is 1. The van der Waals surface area contributed by atoms with Crippen LogP contribution in [0, 0.1) is 11.3 Å². The SMILES string of the molecule is COC(=O)C(Cl)=CC1C(C)(C)C1(Cl)C(=O)O. The van der Waals surface area contributed by atoms with E-state index in [0.29, 0.717) is 0 Å². The molecule has 0 bridgehead atoms. The van der Waals surface area contributed by atoms with Gasteiger partial charge in [-0.3, -0.25) is 4.79 Å². The van der Waals surface area contributed by atoms with Crippen LogP contribution in [0.3, 0.4) is 0 Å². The zero-order valence-electron chi connectivity index (χ0n) is 9.08. The first-order chi connectivity index (χ1) is 7.19. The average molecular weight is 267 g/mol.